The van der Waals surface area contributed by atoms with Crippen LogP contribution >= 0.6 is 0 Å². The molecular formula is C27H42O3. The molecule has 0 aromatic heterocycles. The van der Waals surface area contributed by atoms with Crippen LogP contribution in [0.2, 0.25) is 0 Å². The molecule has 6 aliphatic rings. The highest BCUT2D eigenvalue weighted by atomic mass is 16.7. The molecule has 10 unspecified atom stereocenters. The first-order valence-electron chi connectivity index (χ1n) is 12.8. The zero-order chi connectivity index (χ0) is 21.3. The van der Waals surface area contributed by atoms with Crippen molar-refractivity contribution in [3.8, 4) is 0 Å². The smallest absolute Gasteiger partial charge is 0.314 e. The van der Waals surface area contributed by atoms with Crippen molar-refractivity contribution < 1.29 is 14.3 Å². The van der Waals surface area contributed by atoms with Gasteiger partial charge in [-0.15, -0.1) is 0 Å². The molecule has 0 aromatic rings. The maximum atomic E-state index is 13.4. The van der Waals surface area contributed by atoms with Gasteiger partial charge < -0.3 is 9.47 Å². The first-order valence-corrected chi connectivity index (χ1v) is 12.8. The van der Waals surface area contributed by atoms with E-state index in [1.807, 2.05) is 6.92 Å². The van der Waals surface area contributed by atoms with Crippen LogP contribution in [0.1, 0.15) is 92.9 Å². The standard InChI is InChI=1S/C27H42O3/c1-15(29-23(28)26(13-24(2,3)4)14-25(26,5)6)30-27-12-17-10-21-20-8-16(9-22(21)27)7-18(27)11-19(17)20/h15-22H,7-14H2,1-6H3. The van der Waals surface area contributed by atoms with Gasteiger partial charge in [0.1, 0.15) is 0 Å². The minimum atomic E-state index is -0.417. The van der Waals surface area contributed by atoms with E-state index in [-0.39, 0.29) is 27.8 Å². The van der Waals surface area contributed by atoms with Crippen molar-refractivity contribution in [2.45, 2.75) is 105 Å². The van der Waals surface area contributed by atoms with Crippen molar-refractivity contribution in [1.29, 1.82) is 0 Å². The van der Waals surface area contributed by atoms with Gasteiger partial charge in [0, 0.05) is 0 Å². The Bertz CT molecular complexity index is 765. The molecule has 10 atom stereocenters. The third-order valence-electron chi connectivity index (χ3n) is 10.9. The van der Waals surface area contributed by atoms with Crippen LogP contribution in [-0.4, -0.2) is 17.9 Å². The lowest BCUT2D eigenvalue weighted by Gasteiger charge is -2.60. The zero-order valence-electron chi connectivity index (χ0n) is 20.0. The lowest BCUT2D eigenvalue weighted by atomic mass is 9.51. The van der Waals surface area contributed by atoms with Gasteiger partial charge in [0.15, 0.2) is 0 Å². The summed E-state index contributed by atoms with van der Waals surface area (Å²) in [5.74, 6) is 6.11. The maximum absolute atomic E-state index is 13.4. The predicted octanol–water partition coefficient (Wildman–Crippen LogP) is 6.21. The van der Waals surface area contributed by atoms with E-state index >= 15 is 0 Å². The number of hydrogen-bond acceptors (Lipinski definition) is 3. The predicted molar refractivity (Wildman–Crippen MR) is 116 cm³/mol. The maximum Gasteiger partial charge on any atom is 0.314 e. The van der Waals surface area contributed by atoms with Crippen molar-refractivity contribution in [3.05, 3.63) is 0 Å². The summed E-state index contributed by atoms with van der Waals surface area (Å²) in [6.45, 7) is 13.2. The molecule has 6 aliphatic carbocycles. The molecule has 30 heavy (non-hydrogen) atoms. The van der Waals surface area contributed by atoms with Crippen LogP contribution in [0.4, 0.5) is 0 Å². The quantitative estimate of drug-likeness (QED) is 0.396. The Morgan fingerprint density at radius 2 is 1.77 bits per heavy atom. The average Bonchev–Trinajstić information content (AvgIpc) is 3.08. The number of rotatable bonds is 5. The Morgan fingerprint density at radius 3 is 2.43 bits per heavy atom. The second kappa shape index (κ2) is 5.86. The number of carbonyl (C=O) groups excluding carboxylic acids is 1. The molecule has 3 nitrogen and oxygen atoms in total. The van der Waals surface area contributed by atoms with Gasteiger partial charge in [-0.25, -0.2) is 0 Å². The van der Waals surface area contributed by atoms with E-state index in [1.165, 1.54) is 38.5 Å². The number of esters is 1. The van der Waals surface area contributed by atoms with Gasteiger partial charge in [-0.2, -0.15) is 0 Å². The molecule has 0 aromatic carbocycles. The Kier molecular flexibility index (Phi) is 3.92. The van der Waals surface area contributed by atoms with Crippen LogP contribution < -0.4 is 0 Å². The molecule has 0 N–H and O–H groups in total. The van der Waals surface area contributed by atoms with Crippen LogP contribution in [0.3, 0.4) is 0 Å². The highest BCUT2D eigenvalue weighted by Gasteiger charge is 2.71. The first-order chi connectivity index (χ1) is 13.9. The fourth-order valence-electron chi connectivity index (χ4n) is 9.97. The number of ether oxygens (including phenoxy) is 2. The van der Waals surface area contributed by atoms with E-state index in [0.717, 1.165) is 48.3 Å². The summed E-state index contributed by atoms with van der Waals surface area (Å²) in [6.07, 6.45) is 9.75. The lowest BCUT2D eigenvalue weighted by Crippen LogP contribution is -2.60. The summed E-state index contributed by atoms with van der Waals surface area (Å²) in [7, 11) is 0. The highest BCUT2D eigenvalue weighted by molar-refractivity contribution is 5.82. The third-order valence-corrected chi connectivity index (χ3v) is 10.9. The second-order valence-corrected chi connectivity index (χ2v) is 14.2. The number of carbonyl (C=O) groups is 1. The second-order valence-electron chi connectivity index (χ2n) is 14.2. The van der Waals surface area contributed by atoms with Crippen molar-refractivity contribution in [3.63, 3.8) is 0 Å². The summed E-state index contributed by atoms with van der Waals surface area (Å²) in [5.41, 5.74) is -0.170. The van der Waals surface area contributed by atoms with Crippen LogP contribution in [0.25, 0.3) is 0 Å². The summed E-state index contributed by atoms with van der Waals surface area (Å²) in [5, 5.41) is 0. The van der Waals surface area contributed by atoms with Crippen LogP contribution in [0.15, 0.2) is 0 Å². The largest absolute Gasteiger partial charge is 0.436 e. The summed E-state index contributed by atoms with van der Waals surface area (Å²) >= 11 is 0. The normalized spacial score (nSPS) is 52.5. The molecule has 3 heteroatoms. The molecule has 0 spiro atoms. The molecule has 0 aliphatic heterocycles. The summed E-state index contributed by atoms with van der Waals surface area (Å²) in [4.78, 5) is 13.4. The Hall–Kier alpha value is -0.570. The monoisotopic (exact) mass is 414 g/mol. The Balaban J connectivity index is 1.21. The molecule has 6 rings (SSSR count). The van der Waals surface area contributed by atoms with E-state index in [0.29, 0.717) is 5.92 Å². The van der Waals surface area contributed by atoms with E-state index in [1.54, 1.807) is 0 Å². The van der Waals surface area contributed by atoms with Crippen molar-refractivity contribution in [2.75, 3.05) is 0 Å². The number of hydrogen-bond donors (Lipinski definition) is 0. The molecule has 168 valence electrons. The van der Waals surface area contributed by atoms with E-state index in [2.05, 4.69) is 34.6 Å². The molecule has 0 heterocycles. The van der Waals surface area contributed by atoms with Crippen LogP contribution in [0, 0.1) is 57.7 Å². The van der Waals surface area contributed by atoms with Gasteiger partial charge in [-0.3, -0.25) is 4.79 Å². The van der Waals surface area contributed by atoms with Gasteiger partial charge in [0.2, 0.25) is 6.29 Å². The van der Waals surface area contributed by atoms with Gasteiger partial charge in [-0.1, -0.05) is 34.6 Å². The molecule has 6 fully saturated rings. The van der Waals surface area contributed by atoms with Gasteiger partial charge in [0.05, 0.1) is 11.0 Å². The SMILES string of the molecule is CC(OC(=O)C1(CC(C)(C)C)CC1(C)C)OC12CC3CC4C5CC(CC1CC35)CC42. The third kappa shape index (κ3) is 2.57. The Morgan fingerprint density at radius 1 is 1.03 bits per heavy atom. The molecule has 0 radical (unpaired) electrons. The van der Waals surface area contributed by atoms with E-state index in [9.17, 15) is 4.79 Å². The highest BCUT2D eigenvalue weighted by Crippen LogP contribution is 2.73. The average molecular weight is 415 g/mol. The van der Waals surface area contributed by atoms with Crippen molar-refractivity contribution in [1.82, 2.24) is 0 Å². The minimum absolute atomic E-state index is 0.00566. The van der Waals surface area contributed by atoms with E-state index < -0.39 is 6.29 Å². The zero-order valence-corrected chi connectivity index (χ0v) is 20.0. The minimum Gasteiger partial charge on any atom is -0.436 e. The Labute approximate surface area is 183 Å². The molecule has 6 saturated carbocycles. The lowest BCUT2D eigenvalue weighted by molar-refractivity contribution is -0.277. The molecule has 0 amide bonds. The fraction of sp³-hybridized carbons (Fsp3) is 0.963. The topological polar surface area (TPSA) is 35.5 Å². The van der Waals surface area contributed by atoms with Gasteiger partial charge in [-0.05, 0) is 111 Å². The van der Waals surface area contributed by atoms with Crippen molar-refractivity contribution in [2.24, 2.45) is 57.7 Å². The molecular weight excluding hydrogens is 372 g/mol. The van der Waals surface area contributed by atoms with Gasteiger partial charge in [0.25, 0.3) is 0 Å². The molecule has 0 saturated heterocycles. The molecule has 5 bridgehead atoms. The fourth-order valence-corrected chi connectivity index (χ4v) is 9.97. The number of fused-ring (bicyclic) bond motifs is 2. The van der Waals surface area contributed by atoms with Crippen LogP contribution in [0.5, 0.6) is 0 Å². The van der Waals surface area contributed by atoms with Crippen molar-refractivity contribution >= 4 is 5.97 Å². The van der Waals surface area contributed by atoms with Crippen LogP contribution in [-0.2, 0) is 14.3 Å². The summed E-state index contributed by atoms with van der Waals surface area (Å²) < 4.78 is 13.1. The first kappa shape index (κ1) is 20.1. The van der Waals surface area contributed by atoms with Gasteiger partial charge >= 0.3 is 5.97 Å². The van der Waals surface area contributed by atoms with E-state index in [4.69, 9.17) is 9.47 Å². The summed E-state index contributed by atoms with van der Waals surface area (Å²) in [6, 6.07) is 0.